The summed E-state index contributed by atoms with van der Waals surface area (Å²) in [4.78, 5) is 17.7. The van der Waals surface area contributed by atoms with Crippen molar-refractivity contribution in [1.29, 1.82) is 0 Å². The Kier molecular flexibility index (Phi) is 2.48. The number of carbonyl (C=O) groups is 1. The predicted octanol–water partition coefficient (Wildman–Crippen LogP) is 2.58. The largest absolute Gasteiger partial charge is 0.311 e. The zero-order valence-electron chi connectivity index (χ0n) is 9.14. The van der Waals surface area contributed by atoms with Gasteiger partial charge in [0.2, 0.25) is 5.91 Å². The average Bonchev–Trinajstić information content (AvgIpc) is 2.68. The molecule has 0 spiro atoms. The van der Waals surface area contributed by atoms with Crippen LogP contribution in [0.1, 0.15) is 6.42 Å². The second-order valence-electron chi connectivity index (χ2n) is 4.19. The Morgan fingerprint density at radius 1 is 1.35 bits per heavy atom. The van der Waals surface area contributed by atoms with Crippen LogP contribution in [-0.2, 0) is 4.79 Å². The van der Waals surface area contributed by atoms with Gasteiger partial charge >= 0.3 is 0 Å². The molecule has 1 aliphatic heterocycles. The van der Waals surface area contributed by atoms with Gasteiger partial charge in [-0.25, -0.2) is 0 Å². The second-order valence-corrected chi connectivity index (χ2v) is 4.80. The highest BCUT2D eigenvalue weighted by atomic mass is 35.5. The molecular weight excluding hydrogens is 236 g/mol. The van der Waals surface area contributed by atoms with Gasteiger partial charge in [-0.1, -0.05) is 6.07 Å². The Morgan fingerprint density at radius 2 is 2.24 bits per heavy atom. The van der Waals surface area contributed by atoms with Crippen LogP contribution in [0, 0.1) is 0 Å². The summed E-state index contributed by atoms with van der Waals surface area (Å²) >= 11 is 6.00. The number of alkyl halides is 1. The fourth-order valence-corrected chi connectivity index (χ4v) is 2.41. The molecule has 0 bridgehead atoms. The maximum Gasteiger partial charge on any atom is 0.228 e. The molecule has 0 aliphatic carbocycles. The van der Waals surface area contributed by atoms with Crippen LogP contribution in [0.4, 0.5) is 5.69 Å². The van der Waals surface area contributed by atoms with Crippen molar-refractivity contribution in [2.75, 3.05) is 11.4 Å². The van der Waals surface area contributed by atoms with Gasteiger partial charge in [0, 0.05) is 30.2 Å². The first-order valence-corrected chi connectivity index (χ1v) is 5.97. The molecule has 1 aromatic carbocycles. The first-order valence-electron chi connectivity index (χ1n) is 5.53. The van der Waals surface area contributed by atoms with E-state index in [1.54, 1.807) is 11.1 Å². The molecule has 86 valence electrons. The Hall–Kier alpha value is -1.61. The number of amides is 1. The number of hydrogen-bond donors (Lipinski definition) is 0. The van der Waals surface area contributed by atoms with Crippen LogP contribution >= 0.6 is 11.6 Å². The number of halogens is 1. The normalized spacial score (nSPS) is 20.2. The Morgan fingerprint density at radius 3 is 3.00 bits per heavy atom. The lowest BCUT2D eigenvalue weighted by molar-refractivity contribution is -0.117. The van der Waals surface area contributed by atoms with Crippen LogP contribution in [-0.4, -0.2) is 22.8 Å². The summed E-state index contributed by atoms with van der Waals surface area (Å²) in [5.74, 6) is 0.0910. The van der Waals surface area contributed by atoms with Crippen LogP contribution in [0.3, 0.4) is 0 Å². The maximum absolute atomic E-state index is 11.7. The lowest BCUT2D eigenvalue weighted by Crippen LogP contribution is -2.24. The predicted molar refractivity (Wildman–Crippen MR) is 68.4 cm³/mol. The molecule has 2 heterocycles. The highest BCUT2D eigenvalue weighted by Crippen LogP contribution is 2.26. The molecule has 1 fully saturated rings. The third-order valence-electron chi connectivity index (χ3n) is 2.98. The van der Waals surface area contributed by atoms with Crippen molar-refractivity contribution < 1.29 is 4.79 Å². The van der Waals surface area contributed by atoms with E-state index in [0.29, 0.717) is 13.0 Å². The molecule has 0 radical (unpaired) electrons. The van der Waals surface area contributed by atoms with E-state index in [4.69, 9.17) is 11.6 Å². The van der Waals surface area contributed by atoms with Crippen LogP contribution in [0.5, 0.6) is 0 Å². The monoisotopic (exact) mass is 246 g/mol. The van der Waals surface area contributed by atoms with E-state index in [0.717, 1.165) is 16.6 Å². The summed E-state index contributed by atoms with van der Waals surface area (Å²) in [6.07, 6.45) is 2.18. The number of benzene rings is 1. The smallest absolute Gasteiger partial charge is 0.228 e. The summed E-state index contributed by atoms with van der Waals surface area (Å²) < 4.78 is 0. The van der Waals surface area contributed by atoms with Gasteiger partial charge in [0.1, 0.15) is 0 Å². The molecule has 17 heavy (non-hydrogen) atoms. The minimum absolute atomic E-state index is 0.0768. The van der Waals surface area contributed by atoms with Crippen molar-refractivity contribution in [1.82, 2.24) is 4.98 Å². The van der Waals surface area contributed by atoms with Crippen LogP contribution < -0.4 is 4.90 Å². The van der Waals surface area contributed by atoms with Crippen LogP contribution in [0.2, 0.25) is 0 Å². The number of nitrogens with zero attached hydrogens (tertiary/aromatic N) is 2. The summed E-state index contributed by atoms with van der Waals surface area (Å²) in [6, 6.07) is 9.71. The molecule has 1 unspecified atom stereocenters. The molecule has 1 aliphatic rings. The minimum atomic E-state index is -0.0768. The molecule has 2 aromatic rings. The van der Waals surface area contributed by atoms with Crippen molar-refractivity contribution in [2.24, 2.45) is 0 Å². The summed E-state index contributed by atoms with van der Waals surface area (Å²) in [5, 5.41) is 0.961. The molecule has 3 rings (SSSR count). The SMILES string of the molecule is O=C1CC(Cl)CN1c1ccc2ncccc2c1. The summed E-state index contributed by atoms with van der Waals surface area (Å²) in [6.45, 7) is 0.589. The third-order valence-corrected chi connectivity index (χ3v) is 3.27. The van der Waals surface area contributed by atoms with Crippen molar-refractivity contribution >= 4 is 34.1 Å². The number of fused-ring (bicyclic) bond motifs is 1. The van der Waals surface area contributed by atoms with E-state index in [9.17, 15) is 4.79 Å². The maximum atomic E-state index is 11.7. The van der Waals surface area contributed by atoms with Gasteiger partial charge in [-0.05, 0) is 24.3 Å². The standard InChI is InChI=1S/C13H11ClN2O/c14-10-7-13(17)16(8-10)11-3-4-12-9(6-11)2-1-5-15-12/h1-6,10H,7-8H2. The molecule has 1 aromatic heterocycles. The Labute approximate surface area is 104 Å². The number of anilines is 1. The van der Waals surface area contributed by atoms with Gasteiger partial charge in [-0.15, -0.1) is 11.6 Å². The van der Waals surface area contributed by atoms with Gasteiger partial charge in [0.15, 0.2) is 0 Å². The quantitative estimate of drug-likeness (QED) is 0.725. The molecule has 1 atom stereocenters. The average molecular weight is 247 g/mol. The fraction of sp³-hybridized carbons (Fsp3) is 0.231. The molecule has 0 N–H and O–H groups in total. The van der Waals surface area contributed by atoms with E-state index in [1.807, 2.05) is 30.3 Å². The van der Waals surface area contributed by atoms with Gasteiger partial charge in [0.05, 0.1) is 10.9 Å². The van der Waals surface area contributed by atoms with E-state index in [2.05, 4.69) is 4.98 Å². The Bertz CT molecular complexity index is 584. The fourth-order valence-electron chi connectivity index (χ4n) is 2.14. The minimum Gasteiger partial charge on any atom is -0.311 e. The number of carbonyl (C=O) groups excluding carboxylic acids is 1. The van der Waals surface area contributed by atoms with E-state index in [1.165, 1.54) is 0 Å². The van der Waals surface area contributed by atoms with Gasteiger partial charge in [0.25, 0.3) is 0 Å². The highest BCUT2D eigenvalue weighted by Gasteiger charge is 2.29. The zero-order valence-corrected chi connectivity index (χ0v) is 9.89. The van der Waals surface area contributed by atoms with Crippen molar-refractivity contribution in [2.45, 2.75) is 11.8 Å². The van der Waals surface area contributed by atoms with Crippen molar-refractivity contribution in [3.05, 3.63) is 36.5 Å². The van der Waals surface area contributed by atoms with E-state index >= 15 is 0 Å². The number of pyridine rings is 1. The highest BCUT2D eigenvalue weighted by molar-refractivity contribution is 6.24. The molecule has 1 saturated heterocycles. The zero-order chi connectivity index (χ0) is 11.8. The second kappa shape index (κ2) is 4.00. The van der Waals surface area contributed by atoms with Gasteiger partial charge < -0.3 is 4.90 Å². The van der Waals surface area contributed by atoms with Crippen LogP contribution in [0.25, 0.3) is 10.9 Å². The lowest BCUT2D eigenvalue weighted by atomic mass is 10.2. The molecule has 0 saturated carbocycles. The Balaban J connectivity index is 2.03. The summed E-state index contributed by atoms with van der Waals surface area (Å²) in [7, 11) is 0. The van der Waals surface area contributed by atoms with Crippen molar-refractivity contribution in [3.8, 4) is 0 Å². The first-order chi connectivity index (χ1) is 8.24. The number of rotatable bonds is 1. The van der Waals surface area contributed by atoms with E-state index in [-0.39, 0.29) is 11.3 Å². The first kappa shape index (κ1) is 10.5. The van der Waals surface area contributed by atoms with Crippen molar-refractivity contribution in [3.63, 3.8) is 0 Å². The van der Waals surface area contributed by atoms with Gasteiger partial charge in [-0.2, -0.15) is 0 Å². The summed E-state index contributed by atoms with van der Waals surface area (Å²) in [5.41, 5.74) is 1.84. The molecule has 4 heteroatoms. The van der Waals surface area contributed by atoms with E-state index < -0.39 is 0 Å². The number of aromatic nitrogens is 1. The topological polar surface area (TPSA) is 33.2 Å². The van der Waals surface area contributed by atoms with Gasteiger partial charge in [-0.3, -0.25) is 9.78 Å². The molecule has 1 amide bonds. The van der Waals surface area contributed by atoms with Crippen LogP contribution in [0.15, 0.2) is 36.5 Å². The lowest BCUT2D eigenvalue weighted by Gasteiger charge is -2.16. The number of hydrogen-bond acceptors (Lipinski definition) is 2. The molecule has 3 nitrogen and oxygen atoms in total. The molecular formula is C13H11ClN2O. The third kappa shape index (κ3) is 1.87.